The van der Waals surface area contributed by atoms with Crippen molar-refractivity contribution in [1.29, 1.82) is 0 Å². The van der Waals surface area contributed by atoms with Crippen LogP contribution in [0, 0.1) is 0 Å². The summed E-state index contributed by atoms with van der Waals surface area (Å²) in [7, 11) is 0. The van der Waals surface area contributed by atoms with E-state index >= 15 is 0 Å². The number of rotatable bonds is 5. The van der Waals surface area contributed by atoms with Crippen LogP contribution in [-0.4, -0.2) is 45.1 Å². The molecule has 0 aliphatic carbocycles. The highest BCUT2D eigenvalue weighted by Gasteiger charge is 2.26. The first kappa shape index (κ1) is 21.8. The predicted molar refractivity (Wildman–Crippen MR) is 105 cm³/mol. The van der Waals surface area contributed by atoms with Crippen LogP contribution in [0.5, 0.6) is 0 Å². The average molecular weight is 404 g/mol. The second kappa shape index (κ2) is 10.7. The molecule has 2 aromatic rings. The monoisotopic (exact) mass is 403 g/mol. The average Bonchev–Trinajstić information content (AvgIpc) is 3.13. The van der Waals surface area contributed by atoms with E-state index in [4.69, 9.17) is 5.73 Å². The van der Waals surface area contributed by atoms with E-state index in [2.05, 4.69) is 15.2 Å². The molecule has 1 aliphatic heterocycles. The molecule has 3 rings (SSSR count). The van der Waals surface area contributed by atoms with Crippen LogP contribution in [0.4, 0.5) is 0 Å². The van der Waals surface area contributed by atoms with Crippen molar-refractivity contribution in [3.8, 4) is 0 Å². The number of likely N-dealkylation sites (tertiary alicyclic amines) is 1. The van der Waals surface area contributed by atoms with Gasteiger partial charge in [-0.1, -0.05) is 23.9 Å². The van der Waals surface area contributed by atoms with E-state index in [1.165, 1.54) is 6.33 Å². The molecule has 0 bridgehead atoms. The van der Waals surface area contributed by atoms with E-state index in [-0.39, 0.29) is 36.8 Å². The van der Waals surface area contributed by atoms with E-state index in [0.29, 0.717) is 6.54 Å². The lowest BCUT2D eigenvalue weighted by Gasteiger charge is -2.35. The number of carbonyl (C=O) groups is 1. The summed E-state index contributed by atoms with van der Waals surface area (Å²) in [5.41, 5.74) is 7.69. The highest BCUT2D eigenvalue weighted by atomic mass is 35.5. The number of nitrogens with zero attached hydrogens (tertiary/aromatic N) is 3. The molecule has 1 aliphatic rings. The minimum absolute atomic E-state index is 0. The van der Waals surface area contributed by atoms with Crippen LogP contribution in [0.2, 0.25) is 0 Å². The summed E-state index contributed by atoms with van der Waals surface area (Å²) in [4.78, 5) is 18.7. The van der Waals surface area contributed by atoms with Gasteiger partial charge in [0.1, 0.15) is 6.33 Å². The Bertz CT molecular complexity index is 638. The Morgan fingerprint density at radius 3 is 2.68 bits per heavy atom. The molecule has 1 fully saturated rings. The number of nitrogens with one attached hydrogen (secondary N) is 1. The number of hydrogen-bond acceptors (Lipinski definition) is 5. The molecule has 1 amide bonds. The number of aromatic nitrogens is 3. The van der Waals surface area contributed by atoms with Crippen molar-refractivity contribution in [2.24, 2.45) is 5.73 Å². The summed E-state index contributed by atoms with van der Waals surface area (Å²) >= 11 is 1.59. The van der Waals surface area contributed by atoms with Gasteiger partial charge in [0, 0.05) is 30.4 Å². The van der Waals surface area contributed by atoms with Crippen LogP contribution in [0.1, 0.15) is 35.2 Å². The smallest absolute Gasteiger partial charge is 0.254 e. The van der Waals surface area contributed by atoms with Crippen LogP contribution in [0.25, 0.3) is 0 Å². The summed E-state index contributed by atoms with van der Waals surface area (Å²) in [6.07, 6.45) is 4.72. The minimum atomic E-state index is 0. The fraction of sp³-hybridized carbons (Fsp3) is 0.438. The highest BCUT2D eigenvalue weighted by Crippen LogP contribution is 2.21. The van der Waals surface area contributed by atoms with Gasteiger partial charge < -0.3 is 10.6 Å². The predicted octanol–water partition coefficient (Wildman–Crippen LogP) is 2.89. The van der Waals surface area contributed by atoms with Crippen LogP contribution in [0.3, 0.4) is 0 Å². The van der Waals surface area contributed by atoms with Crippen molar-refractivity contribution in [3.63, 3.8) is 0 Å². The number of hydrogen-bond donors (Lipinski definition) is 2. The van der Waals surface area contributed by atoms with Gasteiger partial charge in [-0.25, -0.2) is 4.98 Å². The van der Waals surface area contributed by atoms with E-state index < -0.39 is 0 Å². The summed E-state index contributed by atoms with van der Waals surface area (Å²) < 4.78 is 0. The van der Waals surface area contributed by atoms with Crippen LogP contribution in [0.15, 0.2) is 35.7 Å². The highest BCUT2D eigenvalue weighted by molar-refractivity contribution is 7.98. The number of amides is 1. The third-order valence-electron chi connectivity index (χ3n) is 4.13. The van der Waals surface area contributed by atoms with Gasteiger partial charge in [-0.3, -0.25) is 9.89 Å². The van der Waals surface area contributed by atoms with Gasteiger partial charge in [-0.05, 0) is 37.0 Å². The molecule has 0 spiro atoms. The first-order valence-electron chi connectivity index (χ1n) is 7.86. The molecule has 0 saturated carbocycles. The third-order valence-corrected chi connectivity index (χ3v) is 5.08. The molecule has 1 aromatic carbocycles. The molecule has 138 valence electrons. The summed E-state index contributed by atoms with van der Waals surface area (Å²) in [6.45, 7) is 1.35. The topological polar surface area (TPSA) is 87.9 Å². The van der Waals surface area contributed by atoms with E-state index in [1.54, 1.807) is 11.8 Å². The molecule has 3 N–H and O–H groups in total. The SMILES string of the molecule is Cl.Cl.NCC1CCCCN1C(=O)c1ccc(CSc2ncn[nH]2)cc1. The Labute approximate surface area is 164 Å². The standard InChI is InChI=1S/C16H21N5OS.2ClH/c17-9-14-3-1-2-8-21(14)15(22)13-6-4-12(5-7-13)10-23-16-18-11-19-20-16;;/h4-7,11,14H,1-3,8-10,17H2,(H,18,19,20);2*1H. The number of piperidine rings is 1. The normalized spacial score (nSPS) is 16.7. The Morgan fingerprint density at radius 2 is 2.04 bits per heavy atom. The minimum Gasteiger partial charge on any atom is -0.334 e. The Morgan fingerprint density at radius 1 is 1.28 bits per heavy atom. The van der Waals surface area contributed by atoms with Gasteiger partial charge >= 0.3 is 0 Å². The van der Waals surface area contributed by atoms with Crippen molar-refractivity contribution >= 4 is 42.5 Å². The summed E-state index contributed by atoms with van der Waals surface area (Å²) in [6, 6.07) is 7.98. The van der Waals surface area contributed by atoms with Crippen molar-refractivity contribution in [2.45, 2.75) is 36.2 Å². The van der Waals surface area contributed by atoms with Gasteiger partial charge in [0.05, 0.1) is 0 Å². The number of halogens is 2. The first-order chi connectivity index (χ1) is 11.3. The zero-order chi connectivity index (χ0) is 16.1. The van der Waals surface area contributed by atoms with Crippen LogP contribution in [-0.2, 0) is 5.75 Å². The molecule has 25 heavy (non-hydrogen) atoms. The molecule has 1 saturated heterocycles. The maximum Gasteiger partial charge on any atom is 0.254 e. The quantitative estimate of drug-likeness (QED) is 0.749. The van der Waals surface area contributed by atoms with Crippen molar-refractivity contribution < 1.29 is 4.79 Å². The lowest BCUT2D eigenvalue weighted by Crippen LogP contribution is -2.47. The molecule has 9 heteroatoms. The number of thioether (sulfide) groups is 1. The van der Waals surface area contributed by atoms with Gasteiger partial charge in [-0.2, -0.15) is 5.10 Å². The molecule has 1 atom stereocenters. The first-order valence-corrected chi connectivity index (χ1v) is 8.84. The third kappa shape index (κ3) is 5.60. The molecule has 2 heterocycles. The van der Waals surface area contributed by atoms with E-state index in [9.17, 15) is 4.79 Å². The van der Waals surface area contributed by atoms with Crippen molar-refractivity contribution in [2.75, 3.05) is 13.1 Å². The van der Waals surface area contributed by atoms with Gasteiger partial charge in [0.2, 0.25) is 0 Å². The van der Waals surface area contributed by atoms with Gasteiger partial charge in [0.25, 0.3) is 5.91 Å². The fourth-order valence-corrected chi connectivity index (χ4v) is 3.57. The lowest BCUT2D eigenvalue weighted by molar-refractivity contribution is 0.0623. The van der Waals surface area contributed by atoms with Crippen molar-refractivity contribution in [1.82, 2.24) is 20.1 Å². The maximum absolute atomic E-state index is 12.7. The lowest BCUT2D eigenvalue weighted by atomic mass is 10.0. The van der Waals surface area contributed by atoms with E-state index in [1.807, 2.05) is 29.2 Å². The van der Waals surface area contributed by atoms with Crippen molar-refractivity contribution in [3.05, 3.63) is 41.7 Å². The zero-order valence-corrected chi connectivity index (χ0v) is 16.2. The largest absolute Gasteiger partial charge is 0.334 e. The van der Waals surface area contributed by atoms with Crippen LogP contribution < -0.4 is 5.73 Å². The number of H-pyrrole nitrogens is 1. The number of carbonyl (C=O) groups excluding carboxylic acids is 1. The summed E-state index contributed by atoms with van der Waals surface area (Å²) in [5.74, 6) is 0.883. The second-order valence-corrected chi connectivity index (χ2v) is 6.62. The molecule has 1 aromatic heterocycles. The number of aromatic amines is 1. The van der Waals surface area contributed by atoms with Crippen LogP contribution >= 0.6 is 36.6 Å². The van der Waals surface area contributed by atoms with Gasteiger partial charge in [0.15, 0.2) is 5.16 Å². The van der Waals surface area contributed by atoms with E-state index in [0.717, 1.165) is 47.8 Å². The fourth-order valence-electron chi connectivity index (χ4n) is 2.84. The maximum atomic E-state index is 12.7. The molecular formula is C16H23Cl2N5OS. The molecular weight excluding hydrogens is 381 g/mol. The Hall–Kier alpha value is -1.28. The number of benzene rings is 1. The zero-order valence-electron chi connectivity index (χ0n) is 13.8. The molecule has 0 radical (unpaired) electrons. The molecule has 6 nitrogen and oxygen atoms in total. The number of nitrogens with two attached hydrogens (primary N) is 1. The summed E-state index contributed by atoms with van der Waals surface area (Å²) in [5, 5.41) is 7.44. The molecule has 1 unspecified atom stereocenters. The van der Waals surface area contributed by atoms with Gasteiger partial charge in [-0.15, -0.1) is 24.8 Å². The second-order valence-electron chi connectivity index (χ2n) is 5.66. The Balaban J connectivity index is 0.00000156. The Kier molecular flexibility index (Phi) is 9.27.